The molecule has 0 bridgehead atoms. The van der Waals surface area contributed by atoms with Gasteiger partial charge in [0.2, 0.25) is 5.95 Å². The predicted octanol–water partition coefficient (Wildman–Crippen LogP) is 1.79. The molecule has 1 saturated heterocycles. The molecule has 0 aliphatic carbocycles. The third-order valence-corrected chi connectivity index (χ3v) is 5.49. The molecule has 4 heterocycles. The van der Waals surface area contributed by atoms with Crippen LogP contribution in [-0.4, -0.2) is 58.7 Å². The van der Waals surface area contributed by atoms with Crippen LogP contribution >= 0.6 is 0 Å². The van der Waals surface area contributed by atoms with Gasteiger partial charge in [-0.15, -0.1) is 0 Å². The highest BCUT2D eigenvalue weighted by molar-refractivity contribution is 5.87. The molecule has 11 heteroatoms. The van der Waals surface area contributed by atoms with Gasteiger partial charge < -0.3 is 10.4 Å². The summed E-state index contributed by atoms with van der Waals surface area (Å²) in [6.45, 7) is 3.73. The first-order valence-corrected chi connectivity index (χ1v) is 10.0. The smallest absolute Gasteiger partial charge is 0.229 e. The van der Waals surface area contributed by atoms with Gasteiger partial charge in [-0.2, -0.15) is 20.4 Å². The standard InChI is InChI=1S/C21H20FN9O/c1-12-13(8-30-10-15(32)11-30)9-31(27-12)20-17(22)7-24-21(26-20)25-14-3-4-19-16(5-14)18(6-23)28-29(19)2/h3-5,7,9,15,32H,8,10-11H2,1-2H3,(H,24,25,26). The lowest BCUT2D eigenvalue weighted by atomic mass is 10.1. The molecule has 0 saturated carbocycles. The van der Waals surface area contributed by atoms with Gasteiger partial charge in [0.05, 0.1) is 23.5 Å². The molecular formula is C21H20FN9O. The highest BCUT2D eigenvalue weighted by atomic mass is 19.1. The summed E-state index contributed by atoms with van der Waals surface area (Å²) >= 11 is 0. The van der Waals surface area contributed by atoms with Crippen LogP contribution < -0.4 is 5.32 Å². The van der Waals surface area contributed by atoms with E-state index < -0.39 is 5.82 Å². The number of β-amino-alcohol motifs (C(OH)–C–C–N with tert-alkyl or cyclic N) is 1. The Morgan fingerprint density at radius 1 is 1.31 bits per heavy atom. The Hall–Kier alpha value is -3.88. The van der Waals surface area contributed by atoms with Gasteiger partial charge in [0.25, 0.3) is 0 Å². The number of aromatic nitrogens is 6. The van der Waals surface area contributed by atoms with Crippen molar-refractivity contribution >= 4 is 22.5 Å². The number of hydrogen-bond donors (Lipinski definition) is 2. The van der Waals surface area contributed by atoms with Crippen LogP contribution in [0.25, 0.3) is 16.7 Å². The number of aliphatic hydroxyl groups is 1. The molecule has 0 atom stereocenters. The van der Waals surface area contributed by atoms with E-state index in [4.69, 9.17) is 0 Å². The molecule has 1 aliphatic heterocycles. The maximum atomic E-state index is 14.5. The Labute approximate surface area is 182 Å². The molecule has 0 unspecified atom stereocenters. The minimum atomic E-state index is -0.599. The molecular weight excluding hydrogens is 413 g/mol. The Bertz CT molecular complexity index is 1360. The Balaban J connectivity index is 1.42. The van der Waals surface area contributed by atoms with Crippen molar-refractivity contribution in [1.82, 2.24) is 34.4 Å². The first-order valence-electron chi connectivity index (χ1n) is 10.0. The van der Waals surface area contributed by atoms with E-state index in [9.17, 15) is 14.8 Å². The van der Waals surface area contributed by atoms with Crippen LogP contribution in [0.4, 0.5) is 16.0 Å². The van der Waals surface area contributed by atoms with Gasteiger partial charge in [-0.25, -0.2) is 14.1 Å². The monoisotopic (exact) mass is 433 g/mol. The van der Waals surface area contributed by atoms with Crippen LogP contribution in [0.15, 0.2) is 30.6 Å². The zero-order valence-corrected chi connectivity index (χ0v) is 17.5. The summed E-state index contributed by atoms with van der Waals surface area (Å²) < 4.78 is 17.6. The van der Waals surface area contributed by atoms with Crippen molar-refractivity contribution in [3.63, 3.8) is 0 Å². The fourth-order valence-electron chi connectivity index (χ4n) is 3.81. The summed E-state index contributed by atoms with van der Waals surface area (Å²) in [7, 11) is 1.77. The number of likely N-dealkylation sites (tertiary alicyclic amines) is 1. The van der Waals surface area contributed by atoms with Crippen molar-refractivity contribution in [1.29, 1.82) is 5.26 Å². The number of benzene rings is 1. The molecule has 162 valence electrons. The minimum absolute atomic E-state index is 0.0284. The van der Waals surface area contributed by atoms with Gasteiger partial charge in [0, 0.05) is 49.5 Å². The molecule has 3 aromatic heterocycles. The van der Waals surface area contributed by atoms with Crippen molar-refractivity contribution in [2.75, 3.05) is 18.4 Å². The fraction of sp³-hybridized carbons (Fsp3) is 0.286. The summed E-state index contributed by atoms with van der Waals surface area (Å²) in [5, 5.41) is 31.1. The lowest BCUT2D eigenvalue weighted by Gasteiger charge is -2.35. The first-order chi connectivity index (χ1) is 15.4. The highest BCUT2D eigenvalue weighted by Crippen LogP contribution is 2.24. The number of aliphatic hydroxyl groups excluding tert-OH is 1. The van der Waals surface area contributed by atoms with Crippen molar-refractivity contribution < 1.29 is 9.50 Å². The molecule has 0 amide bonds. The number of nitrogens with one attached hydrogen (secondary N) is 1. The Morgan fingerprint density at radius 2 is 2.12 bits per heavy atom. The van der Waals surface area contributed by atoms with E-state index in [1.807, 2.05) is 19.1 Å². The summed E-state index contributed by atoms with van der Waals surface area (Å²) in [5.41, 5.74) is 3.50. The van der Waals surface area contributed by atoms with E-state index in [1.165, 1.54) is 4.68 Å². The third-order valence-electron chi connectivity index (χ3n) is 5.49. The molecule has 1 aliphatic rings. The highest BCUT2D eigenvalue weighted by Gasteiger charge is 2.25. The number of rotatable bonds is 5. The maximum absolute atomic E-state index is 14.5. The maximum Gasteiger partial charge on any atom is 0.229 e. The molecule has 10 nitrogen and oxygen atoms in total. The summed E-state index contributed by atoms with van der Waals surface area (Å²) in [4.78, 5) is 10.4. The van der Waals surface area contributed by atoms with Gasteiger partial charge >= 0.3 is 0 Å². The van der Waals surface area contributed by atoms with Crippen LogP contribution in [0.2, 0.25) is 0 Å². The van der Waals surface area contributed by atoms with Gasteiger partial charge in [-0.1, -0.05) is 0 Å². The SMILES string of the molecule is Cc1nn(-c2nc(Nc3ccc4c(c3)c(C#N)nn4C)ncc2F)cc1CN1CC(O)C1. The average Bonchev–Trinajstić information content (AvgIpc) is 3.27. The second-order valence-corrected chi connectivity index (χ2v) is 7.84. The van der Waals surface area contributed by atoms with Crippen molar-refractivity contribution in [2.24, 2.45) is 7.05 Å². The third kappa shape index (κ3) is 3.55. The number of halogens is 1. The molecule has 1 fully saturated rings. The molecule has 0 radical (unpaired) electrons. The molecule has 5 rings (SSSR count). The van der Waals surface area contributed by atoms with Crippen molar-refractivity contribution in [3.8, 4) is 11.9 Å². The molecule has 32 heavy (non-hydrogen) atoms. The molecule has 2 N–H and O–H groups in total. The zero-order chi connectivity index (χ0) is 22.4. The second-order valence-electron chi connectivity index (χ2n) is 7.84. The van der Waals surface area contributed by atoms with Gasteiger partial charge in [-0.05, 0) is 25.1 Å². The van der Waals surface area contributed by atoms with E-state index >= 15 is 0 Å². The quantitative estimate of drug-likeness (QED) is 0.489. The number of nitriles is 1. The predicted molar refractivity (Wildman–Crippen MR) is 114 cm³/mol. The molecule has 4 aromatic rings. The van der Waals surface area contributed by atoms with E-state index in [-0.39, 0.29) is 17.9 Å². The number of hydrogen-bond acceptors (Lipinski definition) is 8. The van der Waals surface area contributed by atoms with Gasteiger partial charge in [-0.3, -0.25) is 9.58 Å². The summed E-state index contributed by atoms with van der Waals surface area (Å²) in [5.74, 6) is -0.372. The normalized spacial score (nSPS) is 14.5. The average molecular weight is 433 g/mol. The van der Waals surface area contributed by atoms with Crippen molar-refractivity contribution in [2.45, 2.75) is 19.6 Å². The lowest BCUT2D eigenvalue weighted by molar-refractivity contribution is -0.00297. The van der Waals surface area contributed by atoms with E-state index in [1.54, 1.807) is 24.0 Å². The van der Waals surface area contributed by atoms with Crippen LogP contribution in [0.3, 0.4) is 0 Å². The Kier molecular flexibility index (Phi) is 4.80. The first kappa shape index (κ1) is 20.0. The van der Waals surface area contributed by atoms with E-state index in [0.29, 0.717) is 36.4 Å². The van der Waals surface area contributed by atoms with Crippen LogP contribution in [-0.2, 0) is 13.6 Å². The van der Waals surface area contributed by atoms with Crippen LogP contribution in [0.5, 0.6) is 0 Å². The van der Waals surface area contributed by atoms with Gasteiger partial charge in [0.1, 0.15) is 6.07 Å². The fourth-order valence-corrected chi connectivity index (χ4v) is 3.81. The van der Waals surface area contributed by atoms with Gasteiger partial charge in [0.15, 0.2) is 17.3 Å². The summed E-state index contributed by atoms with van der Waals surface area (Å²) in [6, 6.07) is 7.52. The molecule has 0 spiro atoms. The Morgan fingerprint density at radius 3 is 2.88 bits per heavy atom. The number of fused-ring (bicyclic) bond motifs is 1. The largest absolute Gasteiger partial charge is 0.390 e. The number of anilines is 2. The lowest BCUT2D eigenvalue weighted by Crippen LogP contribution is -2.49. The van der Waals surface area contributed by atoms with E-state index in [2.05, 4.69) is 36.5 Å². The van der Waals surface area contributed by atoms with Crippen molar-refractivity contribution in [3.05, 3.63) is 53.4 Å². The topological polar surface area (TPSA) is 121 Å². The second kappa shape index (κ2) is 7.67. The van der Waals surface area contributed by atoms with E-state index in [0.717, 1.165) is 23.0 Å². The van der Waals surface area contributed by atoms with Crippen LogP contribution in [0.1, 0.15) is 17.0 Å². The zero-order valence-electron chi connectivity index (χ0n) is 17.5. The molecule has 1 aromatic carbocycles. The minimum Gasteiger partial charge on any atom is -0.390 e. The number of aryl methyl sites for hydroxylation is 2. The summed E-state index contributed by atoms with van der Waals surface area (Å²) in [6.07, 6.45) is 2.56. The number of nitrogens with zero attached hydrogens (tertiary/aromatic N) is 8. The van der Waals surface area contributed by atoms with Crippen LogP contribution in [0, 0.1) is 24.1 Å².